The fourth-order valence-corrected chi connectivity index (χ4v) is 2.81. The molecule has 1 aromatic heterocycles. The Hall–Kier alpha value is -2.18. The first kappa shape index (κ1) is 14.7. The summed E-state index contributed by atoms with van der Waals surface area (Å²) >= 11 is 0. The molecule has 3 rings (SSSR count). The standard InChI is InChI=1S/C16H18N2O4/c1-9-11-4-2-3-5-13(11)22-16(21)14(9)15(20)18-7-10-6-17-8-12(10)19/h2-5,10,12,17,19H,6-8H2,1H3,(H,18,20). The molecule has 0 spiro atoms. The van der Waals surface area contributed by atoms with E-state index in [1.54, 1.807) is 19.1 Å². The van der Waals surface area contributed by atoms with E-state index in [9.17, 15) is 14.7 Å². The maximum absolute atomic E-state index is 12.3. The average Bonchev–Trinajstić information content (AvgIpc) is 2.90. The highest BCUT2D eigenvalue weighted by Crippen LogP contribution is 2.18. The van der Waals surface area contributed by atoms with Crippen LogP contribution in [0.3, 0.4) is 0 Å². The van der Waals surface area contributed by atoms with Gasteiger partial charge in [-0.15, -0.1) is 0 Å². The molecule has 1 aliphatic rings. The van der Waals surface area contributed by atoms with Crippen molar-refractivity contribution in [2.24, 2.45) is 5.92 Å². The Balaban J connectivity index is 1.86. The summed E-state index contributed by atoms with van der Waals surface area (Å²) < 4.78 is 5.21. The monoisotopic (exact) mass is 302 g/mol. The van der Waals surface area contributed by atoms with Gasteiger partial charge in [0.25, 0.3) is 5.91 Å². The fourth-order valence-electron chi connectivity index (χ4n) is 2.81. The molecular weight excluding hydrogens is 284 g/mol. The van der Waals surface area contributed by atoms with Crippen molar-refractivity contribution in [2.75, 3.05) is 19.6 Å². The van der Waals surface area contributed by atoms with Crippen molar-refractivity contribution in [2.45, 2.75) is 13.0 Å². The minimum Gasteiger partial charge on any atom is -0.422 e. The van der Waals surface area contributed by atoms with Crippen LogP contribution in [0.25, 0.3) is 11.0 Å². The van der Waals surface area contributed by atoms with Crippen molar-refractivity contribution in [3.8, 4) is 0 Å². The number of hydrogen-bond donors (Lipinski definition) is 3. The fraction of sp³-hybridized carbons (Fsp3) is 0.375. The van der Waals surface area contributed by atoms with Gasteiger partial charge in [-0.05, 0) is 18.6 Å². The van der Waals surface area contributed by atoms with Gasteiger partial charge in [0.05, 0.1) is 6.10 Å². The number of nitrogens with one attached hydrogen (secondary N) is 2. The second-order valence-corrected chi connectivity index (χ2v) is 5.58. The molecule has 2 aromatic rings. The molecule has 116 valence electrons. The van der Waals surface area contributed by atoms with E-state index in [-0.39, 0.29) is 11.5 Å². The molecule has 1 aliphatic heterocycles. The molecule has 1 amide bonds. The molecule has 0 saturated carbocycles. The van der Waals surface area contributed by atoms with Gasteiger partial charge < -0.3 is 20.2 Å². The van der Waals surface area contributed by atoms with Crippen LogP contribution in [0.1, 0.15) is 15.9 Å². The largest absolute Gasteiger partial charge is 0.422 e. The van der Waals surface area contributed by atoms with E-state index in [1.165, 1.54) is 0 Å². The molecule has 1 aromatic carbocycles. The Morgan fingerprint density at radius 3 is 2.91 bits per heavy atom. The first-order valence-electron chi connectivity index (χ1n) is 7.27. The van der Waals surface area contributed by atoms with Gasteiger partial charge in [-0.25, -0.2) is 4.79 Å². The number of para-hydroxylation sites is 1. The Morgan fingerprint density at radius 1 is 1.41 bits per heavy atom. The molecule has 2 unspecified atom stereocenters. The van der Waals surface area contributed by atoms with Crippen LogP contribution in [0.15, 0.2) is 33.5 Å². The van der Waals surface area contributed by atoms with E-state index in [0.717, 1.165) is 5.39 Å². The summed E-state index contributed by atoms with van der Waals surface area (Å²) in [4.78, 5) is 24.4. The lowest BCUT2D eigenvalue weighted by Crippen LogP contribution is -2.36. The summed E-state index contributed by atoms with van der Waals surface area (Å²) in [5.74, 6) is -0.507. The van der Waals surface area contributed by atoms with Crippen LogP contribution in [0, 0.1) is 12.8 Å². The predicted molar refractivity (Wildman–Crippen MR) is 81.9 cm³/mol. The van der Waals surface area contributed by atoms with Crippen molar-refractivity contribution in [3.05, 3.63) is 45.8 Å². The van der Waals surface area contributed by atoms with Crippen LogP contribution in [-0.4, -0.2) is 36.8 Å². The Labute approximate surface area is 127 Å². The van der Waals surface area contributed by atoms with Crippen LogP contribution >= 0.6 is 0 Å². The van der Waals surface area contributed by atoms with Crippen molar-refractivity contribution in [3.63, 3.8) is 0 Å². The molecule has 0 bridgehead atoms. The number of benzene rings is 1. The Morgan fingerprint density at radius 2 is 2.18 bits per heavy atom. The SMILES string of the molecule is Cc1c(C(=O)NCC2CNCC2O)c(=O)oc2ccccc12. The number of aliphatic hydroxyl groups is 1. The van der Waals surface area contributed by atoms with Crippen LogP contribution in [-0.2, 0) is 0 Å². The Bertz CT molecular complexity index is 768. The number of aryl methyl sites for hydroxylation is 1. The molecule has 3 N–H and O–H groups in total. The second-order valence-electron chi connectivity index (χ2n) is 5.58. The predicted octanol–water partition coefficient (Wildman–Crippen LogP) is 0.412. The summed E-state index contributed by atoms with van der Waals surface area (Å²) in [6.07, 6.45) is -0.477. The van der Waals surface area contributed by atoms with Crippen LogP contribution in [0.2, 0.25) is 0 Å². The molecule has 0 aliphatic carbocycles. The van der Waals surface area contributed by atoms with Gasteiger partial charge in [-0.2, -0.15) is 0 Å². The highest BCUT2D eigenvalue weighted by Gasteiger charge is 2.26. The number of β-amino-alcohol motifs (C(OH)–C–C–N with tert-alkyl or cyclic N) is 1. The highest BCUT2D eigenvalue weighted by atomic mass is 16.4. The molecule has 2 heterocycles. The maximum Gasteiger partial charge on any atom is 0.349 e. The van der Waals surface area contributed by atoms with E-state index < -0.39 is 17.6 Å². The maximum atomic E-state index is 12.3. The minimum absolute atomic E-state index is 0.0270. The zero-order valence-corrected chi connectivity index (χ0v) is 12.3. The normalized spacial score (nSPS) is 21.2. The first-order chi connectivity index (χ1) is 10.6. The highest BCUT2D eigenvalue weighted by molar-refractivity contribution is 5.99. The Kier molecular flexibility index (Phi) is 3.96. The quantitative estimate of drug-likeness (QED) is 0.714. The van der Waals surface area contributed by atoms with Crippen LogP contribution in [0.5, 0.6) is 0 Å². The second kappa shape index (κ2) is 5.90. The molecule has 2 atom stereocenters. The summed E-state index contributed by atoms with van der Waals surface area (Å²) in [6.45, 7) is 3.23. The number of aliphatic hydroxyl groups excluding tert-OH is 1. The van der Waals surface area contributed by atoms with Gasteiger partial charge in [-0.1, -0.05) is 18.2 Å². The molecular formula is C16H18N2O4. The van der Waals surface area contributed by atoms with Crippen molar-refractivity contribution >= 4 is 16.9 Å². The summed E-state index contributed by atoms with van der Waals surface area (Å²) in [6, 6.07) is 7.12. The summed E-state index contributed by atoms with van der Waals surface area (Å²) in [7, 11) is 0. The van der Waals surface area contributed by atoms with Gasteiger partial charge in [-0.3, -0.25) is 4.79 Å². The lowest BCUT2D eigenvalue weighted by Gasteiger charge is -2.14. The van der Waals surface area contributed by atoms with Crippen LogP contribution < -0.4 is 16.3 Å². The van der Waals surface area contributed by atoms with Crippen LogP contribution in [0.4, 0.5) is 0 Å². The van der Waals surface area contributed by atoms with Crippen molar-refractivity contribution in [1.82, 2.24) is 10.6 Å². The third kappa shape index (κ3) is 2.63. The lowest BCUT2D eigenvalue weighted by molar-refractivity contribution is 0.0923. The minimum atomic E-state index is -0.640. The molecule has 22 heavy (non-hydrogen) atoms. The molecule has 6 heteroatoms. The number of carbonyl (C=O) groups excluding carboxylic acids is 1. The van der Waals surface area contributed by atoms with E-state index in [2.05, 4.69) is 10.6 Å². The van der Waals surface area contributed by atoms with E-state index in [4.69, 9.17) is 4.42 Å². The first-order valence-corrected chi connectivity index (χ1v) is 7.27. The molecule has 6 nitrogen and oxygen atoms in total. The smallest absolute Gasteiger partial charge is 0.349 e. The average molecular weight is 302 g/mol. The summed E-state index contributed by atoms with van der Waals surface area (Å²) in [5, 5.41) is 16.2. The van der Waals surface area contributed by atoms with Crippen molar-refractivity contribution in [1.29, 1.82) is 0 Å². The van der Waals surface area contributed by atoms with E-state index in [1.807, 2.05) is 12.1 Å². The number of carbonyl (C=O) groups is 1. The van der Waals surface area contributed by atoms with Gasteiger partial charge in [0.2, 0.25) is 0 Å². The molecule has 0 radical (unpaired) electrons. The van der Waals surface area contributed by atoms with Gasteiger partial charge in [0.15, 0.2) is 0 Å². The number of amides is 1. The van der Waals surface area contributed by atoms with E-state index >= 15 is 0 Å². The molecule has 1 saturated heterocycles. The third-order valence-electron chi connectivity index (χ3n) is 4.13. The third-order valence-corrected chi connectivity index (χ3v) is 4.13. The zero-order chi connectivity index (χ0) is 15.7. The number of rotatable bonds is 3. The number of hydrogen-bond acceptors (Lipinski definition) is 5. The molecule has 1 fully saturated rings. The van der Waals surface area contributed by atoms with E-state index in [0.29, 0.717) is 30.8 Å². The topological polar surface area (TPSA) is 91.6 Å². The van der Waals surface area contributed by atoms with Gasteiger partial charge in [0.1, 0.15) is 11.1 Å². The van der Waals surface area contributed by atoms with Gasteiger partial charge in [0, 0.05) is 30.9 Å². The van der Waals surface area contributed by atoms with Crippen molar-refractivity contribution < 1.29 is 14.3 Å². The lowest BCUT2D eigenvalue weighted by atomic mass is 10.0. The van der Waals surface area contributed by atoms with Gasteiger partial charge >= 0.3 is 5.63 Å². The zero-order valence-electron chi connectivity index (χ0n) is 12.3. The number of fused-ring (bicyclic) bond motifs is 1. The summed E-state index contributed by atoms with van der Waals surface area (Å²) in [5.41, 5.74) is 0.462.